The predicted molar refractivity (Wildman–Crippen MR) is 128 cm³/mol. The topological polar surface area (TPSA) is 112 Å². The van der Waals surface area contributed by atoms with Crippen LogP contribution in [0.2, 0.25) is 0 Å². The summed E-state index contributed by atoms with van der Waals surface area (Å²) >= 11 is 0. The Kier molecular flexibility index (Phi) is 7.42. The number of fused-ring (bicyclic) bond motifs is 1. The zero-order chi connectivity index (χ0) is 24.8. The van der Waals surface area contributed by atoms with Crippen LogP contribution in [0.25, 0.3) is 0 Å². The molecule has 0 saturated carbocycles. The van der Waals surface area contributed by atoms with Crippen LogP contribution in [-0.2, 0) is 21.4 Å². The molecule has 3 aromatic rings. The van der Waals surface area contributed by atoms with Crippen LogP contribution in [0, 0.1) is 0 Å². The molecule has 35 heavy (non-hydrogen) atoms. The highest BCUT2D eigenvalue weighted by molar-refractivity contribution is 7.89. The van der Waals surface area contributed by atoms with E-state index in [2.05, 4.69) is 10.0 Å². The summed E-state index contributed by atoms with van der Waals surface area (Å²) in [7, 11) is -0.867. The van der Waals surface area contributed by atoms with Crippen molar-refractivity contribution in [1.82, 2.24) is 10.0 Å². The number of hydrogen-bond acceptors (Lipinski definition) is 7. The molecule has 0 aromatic heterocycles. The SMILES string of the molecule is COc1ccc(C(CC(=O)NCc2ccc3c(c2)OCO3)NS(=O)(=O)c2ccc(OC)cc2)cc1. The summed E-state index contributed by atoms with van der Waals surface area (Å²) in [6, 6.07) is 17.5. The average Bonchev–Trinajstić information content (AvgIpc) is 3.35. The van der Waals surface area contributed by atoms with Crippen LogP contribution < -0.4 is 29.0 Å². The fourth-order valence-electron chi connectivity index (χ4n) is 3.58. The van der Waals surface area contributed by atoms with Gasteiger partial charge in [0.25, 0.3) is 0 Å². The monoisotopic (exact) mass is 498 g/mol. The van der Waals surface area contributed by atoms with Crippen LogP contribution in [-0.4, -0.2) is 35.3 Å². The summed E-state index contributed by atoms with van der Waals surface area (Å²) in [5, 5.41) is 2.84. The number of carbonyl (C=O) groups is 1. The van der Waals surface area contributed by atoms with Gasteiger partial charge in [0.15, 0.2) is 11.5 Å². The molecule has 0 fully saturated rings. The lowest BCUT2D eigenvalue weighted by Crippen LogP contribution is -2.33. The molecule has 0 radical (unpaired) electrons. The Morgan fingerprint density at radius 2 is 1.54 bits per heavy atom. The Morgan fingerprint density at radius 1 is 0.914 bits per heavy atom. The number of sulfonamides is 1. The van der Waals surface area contributed by atoms with Crippen LogP contribution in [0.3, 0.4) is 0 Å². The van der Waals surface area contributed by atoms with Gasteiger partial charge in [-0.05, 0) is 59.7 Å². The summed E-state index contributed by atoms with van der Waals surface area (Å²) < 4.78 is 49.8. The van der Waals surface area contributed by atoms with E-state index in [1.54, 1.807) is 55.6 Å². The quantitative estimate of drug-likeness (QED) is 0.442. The van der Waals surface area contributed by atoms with Gasteiger partial charge in [-0.25, -0.2) is 13.1 Å². The second kappa shape index (κ2) is 10.7. The van der Waals surface area contributed by atoms with Crippen LogP contribution in [0.5, 0.6) is 23.0 Å². The van der Waals surface area contributed by atoms with Crippen molar-refractivity contribution in [2.75, 3.05) is 21.0 Å². The molecule has 1 atom stereocenters. The van der Waals surface area contributed by atoms with Gasteiger partial charge < -0.3 is 24.3 Å². The molecule has 1 amide bonds. The highest BCUT2D eigenvalue weighted by Gasteiger charge is 2.24. The van der Waals surface area contributed by atoms with E-state index in [1.807, 2.05) is 6.07 Å². The smallest absolute Gasteiger partial charge is 0.241 e. The minimum atomic E-state index is -3.92. The maximum Gasteiger partial charge on any atom is 0.241 e. The highest BCUT2D eigenvalue weighted by Crippen LogP contribution is 2.32. The number of benzene rings is 3. The molecule has 0 saturated heterocycles. The standard InChI is InChI=1S/C25H26N2O7S/c1-31-19-6-4-18(5-7-19)22(27-35(29,30)21-10-8-20(32-2)9-11-21)14-25(28)26-15-17-3-12-23-24(13-17)34-16-33-23/h3-13,22,27H,14-16H2,1-2H3,(H,26,28). The van der Waals surface area contributed by atoms with Crippen molar-refractivity contribution in [2.24, 2.45) is 0 Å². The lowest BCUT2D eigenvalue weighted by molar-refractivity contribution is -0.121. The fraction of sp³-hybridized carbons (Fsp3) is 0.240. The first-order valence-electron chi connectivity index (χ1n) is 10.8. The Morgan fingerprint density at radius 3 is 2.20 bits per heavy atom. The van der Waals surface area contributed by atoms with E-state index in [0.717, 1.165) is 5.56 Å². The van der Waals surface area contributed by atoms with Gasteiger partial charge >= 0.3 is 0 Å². The number of methoxy groups -OCH3 is 2. The molecule has 1 unspecified atom stereocenters. The van der Waals surface area contributed by atoms with E-state index in [9.17, 15) is 13.2 Å². The number of ether oxygens (including phenoxy) is 4. The molecule has 2 N–H and O–H groups in total. The van der Waals surface area contributed by atoms with E-state index in [1.165, 1.54) is 19.2 Å². The normalized spacial score (nSPS) is 13.2. The van der Waals surface area contributed by atoms with Gasteiger partial charge in [-0.2, -0.15) is 0 Å². The predicted octanol–water partition coefficient (Wildman–Crippen LogP) is 3.16. The lowest BCUT2D eigenvalue weighted by Gasteiger charge is -2.20. The molecule has 3 aromatic carbocycles. The van der Waals surface area contributed by atoms with Gasteiger partial charge in [0.05, 0.1) is 25.2 Å². The van der Waals surface area contributed by atoms with E-state index in [-0.39, 0.29) is 30.6 Å². The number of nitrogens with one attached hydrogen (secondary N) is 2. The van der Waals surface area contributed by atoms with Gasteiger partial charge in [-0.15, -0.1) is 0 Å². The van der Waals surface area contributed by atoms with E-state index in [0.29, 0.717) is 28.6 Å². The van der Waals surface area contributed by atoms with Gasteiger partial charge in [0.1, 0.15) is 11.5 Å². The molecule has 4 rings (SSSR count). The van der Waals surface area contributed by atoms with Crippen LogP contribution in [0.1, 0.15) is 23.6 Å². The maximum absolute atomic E-state index is 13.1. The van der Waals surface area contributed by atoms with Crippen molar-refractivity contribution < 1.29 is 32.2 Å². The number of hydrogen-bond donors (Lipinski definition) is 2. The van der Waals surface area contributed by atoms with Gasteiger partial charge in [-0.1, -0.05) is 18.2 Å². The Balaban J connectivity index is 1.49. The van der Waals surface area contributed by atoms with Gasteiger partial charge in [0.2, 0.25) is 22.7 Å². The van der Waals surface area contributed by atoms with Crippen LogP contribution in [0.4, 0.5) is 0 Å². The van der Waals surface area contributed by atoms with E-state index >= 15 is 0 Å². The van der Waals surface area contributed by atoms with Crippen molar-refractivity contribution in [1.29, 1.82) is 0 Å². The molecular formula is C25H26N2O7S. The largest absolute Gasteiger partial charge is 0.497 e. The Hall–Kier alpha value is -3.76. The van der Waals surface area contributed by atoms with Gasteiger partial charge in [-0.3, -0.25) is 4.79 Å². The third-order valence-electron chi connectivity index (χ3n) is 5.50. The second-order valence-electron chi connectivity index (χ2n) is 7.79. The summed E-state index contributed by atoms with van der Waals surface area (Å²) in [6.07, 6.45) is -0.105. The summed E-state index contributed by atoms with van der Waals surface area (Å²) in [4.78, 5) is 12.9. The van der Waals surface area contributed by atoms with Crippen molar-refractivity contribution in [3.8, 4) is 23.0 Å². The molecule has 1 aliphatic rings. The first-order chi connectivity index (χ1) is 16.9. The number of carbonyl (C=O) groups excluding carboxylic acids is 1. The third kappa shape index (κ3) is 6.03. The molecule has 9 nitrogen and oxygen atoms in total. The van der Waals surface area contributed by atoms with Crippen molar-refractivity contribution in [2.45, 2.75) is 23.9 Å². The zero-order valence-corrected chi connectivity index (χ0v) is 20.1. The maximum atomic E-state index is 13.1. The lowest BCUT2D eigenvalue weighted by atomic mass is 10.0. The van der Waals surface area contributed by atoms with Crippen LogP contribution in [0.15, 0.2) is 71.6 Å². The molecule has 0 spiro atoms. The highest BCUT2D eigenvalue weighted by atomic mass is 32.2. The molecule has 0 bridgehead atoms. The summed E-state index contributed by atoms with van der Waals surface area (Å²) in [5.74, 6) is 2.13. The number of rotatable bonds is 10. The van der Waals surface area contributed by atoms with E-state index < -0.39 is 16.1 Å². The van der Waals surface area contributed by atoms with Crippen molar-refractivity contribution in [3.05, 3.63) is 77.9 Å². The molecule has 10 heteroatoms. The molecule has 184 valence electrons. The van der Waals surface area contributed by atoms with Gasteiger partial charge in [0, 0.05) is 13.0 Å². The molecule has 0 aliphatic carbocycles. The summed E-state index contributed by atoms with van der Waals surface area (Å²) in [5.41, 5.74) is 1.46. The van der Waals surface area contributed by atoms with Crippen molar-refractivity contribution >= 4 is 15.9 Å². The van der Waals surface area contributed by atoms with Crippen LogP contribution >= 0.6 is 0 Å². The minimum absolute atomic E-state index is 0.0672. The summed E-state index contributed by atoms with van der Waals surface area (Å²) in [6.45, 7) is 0.430. The Bertz CT molecular complexity index is 1280. The molecule has 1 aliphatic heterocycles. The average molecular weight is 499 g/mol. The van der Waals surface area contributed by atoms with Crippen molar-refractivity contribution in [3.63, 3.8) is 0 Å². The molecular weight excluding hydrogens is 472 g/mol. The Labute approximate surface area is 204 Å². The number of amides is 1. The first-order valence-corrected chi connectivity index (χ1v) is 12.3. The van der Waals surface area contributed by atoms with E-state index in [4.69, 9.17) is 18.9 Å². The second-order valence-corrected chi connectivity index (χ2v) is 9.51. The minimum Gasteiger partial charge on any atom is -0.497 e. The fourth-order valence-corrected chi connectivity index (χ4v) is 4.81. The zero-order valence-electron chi connectivity index (χ0n) is 19.3. The molecule has 1 heterocycles. The first kappa shape index (κ1) is 24.4. The third-order valence-corrected chi connectivity index (χ3v) is 6.99.